The molecule has 0 fully saturated rings. The topological polar surface area (TPSA) is 38.7 Å². The molecular formula is C58H44N6. The lowest BCUT2D eigenvalue weighted by atomic mass is 10.0. The summed E-state index contributed by atoms with van der Waals surface area (Å²) in [5, 5.41) is 0. The van der Waals surface area contributed by atoms with Crippen molar-refractivity contribution in [2.75, 3.05) is 19.6 Å². The second-order valence-electron chi connectivity index (χ2n) is 15.2. The zero-order valence-corrected chi connectivity index (χ0v) is 35.1. The summed E-state index contributed by atoms with van der Waals surface area (Å²) in [6.07, 6.45) is 7.67. The van der Waals surface area contributed by atoms with Crippen LogP contribution in [-0.4, -0.2) is 9.97 Å². The smallest absolute Gasteiger partial charge is 0.0724 e. The van der Waals surface area contributed by atoms with E-state index in [1.807, 2.05) is 24.8 Å². The Morgan fingerprint density at radius 2 is 0.406 bits per heavy atom. The third-order valence-corrected chi connectivity index (χ3v) is 11.2. The molecule has 0 radical (unpaired) electrons. The fraction of sp³-hybridized carbons (Fsp3) is 0. The number of benzene rings is 8. The van der Waals surface area contributed by atoms with Gasteiger partial charge in [-0.3, -0.25) is 9.97 Å². The molecule has 0 spiro atoms. The van der Waals surface area contributed by atoms with Crippen molar-refractivity contribution in [3.05, 3.63) is 267 Å². The summed E-state index contributed by atoms with van der Waals surface area (Å²) in [7, 11) is 0. The number of pyridine rings is 2. The van der Waals surface area contributed by atoms with Gasteiger partial charge in [0.05, 0.1) is 23.8 Å². The summed E-state index contributed by atoms with van der Waals surface area (Å²) in [5.41, 5.74) is 14.4. The second-order valence-corrected chi connectivity index (χ2v) is 15.2. The minimum atomic E-state index is 0.932. The summed E-state index contributed by atoms with van der Waals surface area (Å²) in [4.78, 5) is 18.6. The summed E-state index contributed by atoms with van der Waals surface area (Å²) in [6, 6.07) is 84.7. The van der Waals surface area contributed by atoms with Crippen molar-refractivity contribution < 1.29 is 0 Å². The van der Waals surface area contributed by atoms with Gasteiger partial charge in [-0.05, 0) is 133 Å². The van der Waals surface area contributed by atoms with Gasteiger partial charge in [-0.15, -0.1) is 0 Å². The zero-order chi connectivity index (χ0) is 42.9. The minimum absolute atomic E-state index is 0.932. The maximum atomic E-state index is 4.75. The van der Waals surface area contributed by atoms with Crippen LogP contribution in [0.1, 0.15) is 0 Å². The molecule has 8 aromatic carbocycles. The normalized spacial score (nSPS) is 10.8. The highest BCUT2D eigenvalue weighted by Crippen LogP contribution is 2.47. The molecule has 2 aromatic heterocycles. The molecule has 0 N–H and O–H groups in total. The molecule has 6 heteroatoms. The van der Waals surface area contributed by atoms with Gasteiger partial charge in [0, 0.05) is 80.4 Å². The Labute approximate surface area is 374 Å². The fourth-order valence-corrected chi connectivity index (χ4v) is 8.30. The zero-order valence-electron chi connectivity index (χ0n) is 35.1. The molecular weight excluding hydrogens is 781 g/mol. The predicted molar refractivity (Wildman–Crippen MR) is 266 cm³/mol. The lowest BCUT2D eigenvalue weighted by Gasteiger charge is -2.31. The lowest BCUT2D eigenvalue weighted by molar-refractivity contribution is 1.20. The van der Waals surface area contributed by atoms with E-state index in [1.165, 1.54) is 0 Å². The van der Waals surface area contributed by atoms with Crippen LogP contribution in [-0.2, 0) is 0 Å². The van der Waals surface area contributed by atoms with E-state index in [4.69, 9.17) is 9.97 Å². The van der Waals surface area contributed by atoms with E-state index in [9.17, 15) is 0 Å². The van der Waals surface area contributed by atoms with E-state index in [2.05, 4.69) is 262 Å². The maximum absolute atomic E-state index is 4.75. The number of rotatable bonds is 13. The highest BCUT2D eigenvalue weighted by molar-refractivity contribution is 5.95. The van der Waals surface area contributed by atoms with Crippen molar-refractivity contribution in [2.45, 2.75) is 0 Å². The van der Waals surface area contributed by atoms with Crippen molar-refractivity contribution >= 4 is 68.2 Å². The quantitative estimate of drug-likeness (QED) is 0.115. The number of para-hydroxylation sites is 6. The van der Waals surface area contributed by atoms with Gasteiger partial charge in [-0.2, -0.15) is 0 Å². The summed E-state index contributed by atoms with van der Waals surface area (Å²) < 4.78 is 0. The third kappa shape index (κ3) is 8.19. The van der Waals surface area contributed by atoms with E-state index >= 15 is 0 Å². The standard InChI is InChI=1S/C58H44N6/c1-7-19-45(20-8-1)61(46-21-9-2-10-22-46)51-31-35-53(36-32-51)63(49-27-15-5-16-28-49)57-43-59-41-39-55(57)56-40-42-60-44-58(56)64(50-29-17-6-18-30-50)54-37-33-52(34-38-54)62(47-23-11-3-12-24-47)48-25-13-4-14-26-48/h1-44H. The molecule has 0 aliphatic heterocycles. The number of hydrogen-bond donors (Lipinski definition) is 0. The molecule has 306 valence electrons. The lowest BCUT2D eigenvalue weighted by Crippen LogP contribution is -2.15. The highest BCUT2D eigenvalue weighted by atomic mass is 15.2. The van der Waals surface area contributed by atoms with Gasteiger partial charge in [-0.1, -0.05) is 109 Å². The van der Waals surface area contributed by atoms with Crippen molar-refractivity contribution in [2.24, 2.45) is 0 Å². The van der Waals surface area contributed by atoms with Crippen LogP contribution < -0.4 is 19.6 Å². The van der Waals surface area contributed by atoms with Crippen LogP contribution in [0.2, 0.25) is 0 Å². The number of aromatic nitrogens is 2. The van der Waals surface area contributed by atoms with Gasteiger partial charge < -0.3 is 19.6 Å². The van der Waals surface area contributed by atoms with Gasteiger partial charge in [0.25, 0.3) is 0 Å². The van der Waals surface area contributed by atoms with Crippen LogP contribution in [0, 0.1) is 0 Å². The van der Waals surface area contributed by atoms with Crippen LogP contribution >= 0.6 is 0 Å². The molecule has 0 bridgehead atoms. The Kier molecular flexibility index (Phi) is 11.4. The molecule has 0 aliphatic carbocycles. The molecule has 2 heterocycles. The van der Waals surface area contributed by atoms with Crippen LogP contribution in [0.3, 0.4) is 0 Å². The summed E-state index contributed by atoms with van der Waals surface area (Å²) in [6.45, 7) is 0. The monoisotopic (exact) mass is 824 g/mol. The minimum Gasteiger partial charge on any atom is -0.311 e. The molecule has 0 unspecified atom stereocenters. The Morgan fingerprint density at radius 3 is 0.656 bits per heavy atom. The van der Waals surface area contributed by atoms with Gasteiger partial charge in [0.2, 0.25) is 0 Å². The van der Waals surface area contributed by atoms with Gasteiger partial charge in [0.1, 0.15) is 0 Å². The van der Waals surface area contributed by atoms with Crippen LogP contribution in [0.25, 0.3) is 11.1 Å². The molecule has 0 amide bonds. The Bertz CT molecular complexity index is 2740. The molecule has 6 nitrogen and oxygen atoms in total. The molecule has 0 aliphatic rings. The number of hydrogen-bond acceptors (Lipinski definition) is 6. The van der Waals surface area contributed by atoms with Crippen molar-refractivity contribution in [1.82, 2.24) is 9.97 Å². The number of anilines is 12. The highest BCUT2D eigenvalue weighted by Gasteiger charge is 2.24. The van der Waals surface area contributed by atoms with Gasteiger partial charge in [0.15, 0.2) is 0 Å². The fourth-order valence-electron chi connectivity index (χ4n) is 8.30. The largest absolute Gasteiger partial charge is 0.311 e. The maximum Gasteiger partial charge on any atom is 0.0724 e. The SMILES string of the molecule is c1ccc(N(c2ccccc2)c2ccc(N(c3ccccc3)c3cnccc3-c3ccncc3N(c3ccccc3)c3ccc(N(c4ccccc4)c4ccccc4)cc3)cc2)cc1. The molecule has 64 heavy (non-hydrogen) atoms. The second kappa shape index (κ2) is 18.5. The van der Waals surface area contributed by atoms with E-state index in [0.717, 1.165) is 79.4 Å². The van der Waals surface area contributed by atoms with E-state index in [-0.39, 0.29) is 0 Å². The van der Waals surface area contributed by atoms with E-state index in [1.54, 1.807) is 0 Å². The summed E-state index contributed by atoms with van der Waals surface area (Å²) in [5.74, 6) is 0. The van der Waals surface area contributed by atoms with Crippen molar-refractivity contribution in [3.63, 3.8) is 0 Å². The molecule has 10 rings (SSSR count). The first-order chi connectivity index (χ1) is 31.8. The number of nitrogens with zero attached hydrogens (tertiary/aromatic N) is 6. The Balaban J connectivity index is 1.08. The van der Waals surface area contributed by atoms with Crippen molar-refractivity contribution in [3.8, 4) is 11.1 Å². The van der Waals surface area contributed by atoms with Gasteiger partial charge >= 0.3 is 0 Å². The van der Waals surface area contributed by atoms with Crippen LogP contribution in [0.4, 0.5) is 68.2 Å². The Hall–Kier alpha value is -8.74. The first-order valence-electron chi connectivity index (χ1n) is 21.4. The van der Waals surface area contributed by atoms with Crippen molar-refractivity contribution in [1.29, 1.82) is 0 Å². The predicted octanol–water partition coefficient (Wildman–Crippen LogP) is 16.0. The first kappa shape index (κ1) is 39.4. The molecule has 0 atom stereocenters. The summed E-state index contributed by atoms with van der Waals surface area (Å²) >= 11 is 0. The average molecular weight is 825 g/mol. The molecule has 0 saturated carbocycles. The Morgan fingerprint density at radius 1 is 0.203 bits per heavy atom. The van der Waals surface area contributed by atoms with Crippen LogP contribution in [0.15, 0.2) is 267 Å². The first-order valence-corrected chi connectivity index (χ1v) is 21.4. The molecule has 0 saturated heterocycles. The third-order valence-electron chi connectivity index (χ3n) is 11.2. The van der Waals surface area contributed by atoms with Gasteiger partial charge in [-0.25, -0.2) is 0 Å². The van der Waals surface area contributed by atoms with Crippen LogP contribution in [0.5, 0.6) is 0 Å². The van der Waals surface area contributed by atoms with E-state index < -0.39 is 0 Å². The average Bonchev–Trinajstić information content (AvgIpc) is 3.38. The van der Waals surface area contributed by atoms with E-state index in [0.29, 0.717) is 0 Å². The molecule has 10 aromatic rings.